The average Bonchev–Trinajstić information content (AvgIpc) is 2.95. The molecule has 4 nitrogen and oxygen atoms in total. The van der Waals surface area contributed by atoms with Gasteiger partial charge in [0.1, 0.15) is 5.82 Å². The van der Waals surface area contributed by atoms with Crippen LogP contribution in [-0.2, 0) is 16.0 Å². The summed E-state index contributed by atoms with van der Waals surface area (Å²) in [4.78, 5) is 28.5. The van der Waals surface area contributed by atoms with Crippen LogP contribution in [0.25, 0.3) is 0 Å². The van der Waals surface area contributed by atoms with Gasteiger partial charge in [0.25, 0.3) is 0 Å². The largest absolute Gasteiger partial charge is 0.345 e. The van der Waals surface area contributed by atoms with E-state index in [9.17, 15) is 14.0 Å². The molecule has 2 amide bonds. The van der Waals surface area contributed by atoms with Crippen LogP contribution in [0.4, 0.5) is 4.39 Å². The van der Waals surface area contributed by atoms with Crippen molar-refractivity contribution in [1.82, 2.24) is 9.80 Å². The highest BCUT2D eigenvalue weighted by atomic mass is 19.1. The lowest BCUT2D eigenvalue weighted by Gasteiger charge is -2.25. The summed E-state index contributed by atoms with van der Waals surface area (Å²) in [6.45, 7) is 3.90. The molecule has 118 valence electrons. The number of hydrogen-bond donors (Lipinski definition) is 0. The van der Waals surface area contributed by atoms with Gasteiger partial charge in [-0.25, -0.2) is 4.39 Å². The third-order valence-electron chi connectivity index (χ3n) is 5.17. The summed E-state index contributed by atoms with van der Waals surface area (Å²) in [5.74, 6) is -0.0386. The number of hydrogen-bond acceptors (Lipinski definition) is 2. The molecular weight excluding hydrogens is 283 g/mol. The lowest BCUT2D eigenvalue weighted by molar-refractivity contribution is -0.136. The number of likely N-dealkylation sites (tertiary alicyclic amines) is 2. The number of carbonyl (C=O) groups is 2. The van der Waals surface area contributed by atoms with Gasteiger partial charge < -0.3 is 9.80 Å². The zero-order chi connectivity index (χ0) is 15.9. The van der Waals surface area contributed by atoms with Gasteiger partial charge >= 0.3 is 0 Å². The first-order valence-corrected chi connectivity index (χ1v) is 7.70. The number of carbonyl (C=O) groups excluding carboxylic acids is 2. The summed E-state index contributed by atoms with van der Waals surface area (Å²) in [7, 11) is 1.82. The molecular formula is C17H21FN2O2. The fourth-order valence-electron chi connectivity index (χ4n) is 3.75. The minimum atomic E-state index is -0.410. The molecule has 1 aromatic rings. The van der Waals surface area contributed by atoms with E-state index in [2.05, 4.69) is 0 Å². The zero-order valence-corrected chi connectivity index (χ0v) is 13.0. The molecule has 0 saturated carbocycles. The number of amides is 2. The van der Waals surface area contributed by atoms with Crippen molar-refractivity contribution in [3.63, 3.8) is 0 Å². The van der Waals surface area contributed by atoms with Gasteiger partial charge in [0.05, 0.1) is 11.8 Å². The van der Waals surface area contributed by atoms with E-state index in [1.165, 1.54) is 12.1 Å². The highest BCUT2D eigenvalue weighted by Crippen LogP contribution is 2.44. The van der Waals surface area contributed by atoms with Crippen molar-refractivity contribution in [2.45, 2.75) is 19.8 Å². The number of nitrogens with zero attached hydrogens (tertiary/aromatic N) is 2. The summed E-state index contributed by atoms with van der Waals surface area (Å²) < 4.78 is 13.2. The van der Waals surface area contributed by atoms with Crippen LogP contribution in [-0.4, -0.2) is 48.3 Å². The van der Waals surface area contributed by atoms with Crippen LogP contribution in [0.3, 0.4) is 0 Å². The second kappa shape index (κ2) is 5.38. The van der Waals surface area contributed by atoms with Gasteiger partial charge in [0.2, 0.25) is 11.8 Å². The summed E-state index contributed by atoms with van der Waals surface area (Å²) in [5, 5.41) is 0. The van der Waals surface area contributed by atoms with E-state index in [1.54, 1.807) is 21.9 Å². The Hall–Kier alpha value is -1.91. The van der Waals surface area contributed by atoms with Crippen molar-refractivity contribution < 1.29 is 14.0 Å². The SMILES string of the molecule is C[C@H]1CN(C(=O)Cc2cccc(F)c2)C[C@@]12CCN(C)C2=O. The van der Waals surface area contributed by atoms with Crippen molar-refractivity contribution in [3.05, 3.63) is 35.6 Å². The molecule has 22 heavy (non-hydrogen) atoms. The Balaban J connectivity index is 1.72. The topological polar surface area (TPSA) is 40.6 Å². The Morgan fingerprint density at radius 1 is 1.45 bits per heavy atom. The van der Waals surface area contributed by atoms with Crippen molar-refractivity contribution in [3.8, 4) is 0 Å². The standard InChI is InChI=1S/C17H21FN2O2/c1-12-10-20(11-17(12)6-7-19(2)16(17)22)15(21)9-13-4-3-5-14(18)8-13/h3-5,8,12H,6-7,9-11H2,1-2H3/t12-,17-/m0/s1. The molecule has 2 heterocycles. The van der Waals surface area contributed by atoms with Gasteiger partial charge in [-0.05, 0) is 30.0 Å². The van der Waals surface area contributed by atoms with E-state index >= 15 is 0 Å². The summed E-state index contributed by atoms with van der Waals surface area (Å²) in [5.41, 5.74) is 0.264. The quantitative estimate of drug-likeness (QED) is 0.834. The van der Waals surface area contributed by atoms with Gasteiger partial charge in [-0.3, -0.25) is 9.59 Å². The van der Waals surface area contributed by atoms with Crippen LogP contribution in [0.5, 0.6) is 0 Å². The molecule has 0 aromatic heterocycles. The van der Waals surface area contributed by atoms with E-state index in [0.29, 0.717) is 18.7 Å². The maximum atomic E-state index is 13.2. The Morgan fingerprint density at radius 2 is 2.23 bits per heavy atom. The molecule has 3 rings (SSSR count). The molecule has 0 unspecified atom stereocenters. The molecule has 2 saturated heterocycles. The highest BCUT2D eigenvalue weighted by molar-refractivity contribution is 5.87. The van der Waals surface area contributed by atoms with Gasteiger partial charge in [-0.1, -0.05) is 19.1 Å². The Bertz CT molecular complexity index is 618. The molecule has 2 atom stereocenters. The highest BCUT2D eigenvalue weighted by Gasteiger charge is 2.54. The van der Waals surface area contributed by atoms with E-state index < -0.39 is 5.41 Å². The second-order valence-electron chi connectivity index (χ2n) is 6.61. The average molecular weight is 304 g/mol. The smallest absolute Gasteiger partial charge is 0.230 e. The molecule has 5 heteroatoms. The van der Waals surface area contributed by atoms with E-state index in [0.717, 1.165) is 13.0 Å². The maximum Gasteiger partial charge on any atom is 0.230 e. The minimum absolute atomic E-state index is 0.0309. The van der Waals surface area contributed by atoms with Crippen LogP contribution in [0.2, 0.25) is 0 Å². The molecule has 2 aliphatic rings. The van der Waals surface area contributed by atoms with Crippen molar-refractivity contribution in [2.24, 2.45) is 11.3 Å². The summed E-state index contributed by atoms with van der Waals surface area (Å²) in [6, 6.07) is 6.13. The fourth-order valence-corrected chi connectivity index (χ4v) is 3.75. The first-order valence-electron chi connectivity index (χ1n) is 7.70. The molecule has 0 aliphatic carbocycles. The number of rotatable bonds is 2. The third-order valence-corrected chi connectivity index (χ3v) is 5.17. The number of benzene rings is 1. The van der Waals surface area contributed by atoms with E-state index in [1.807, 2.05) is 14.0 Å². The first kappa shape index (κ1) is 15.0. The van der Waals surface area contributed by atoms with Gasteiger partial charge in [-0.15, -0.1) is 0 Å². The van der Waals surface area contributed by atoms with E-state index in [-0.39, 0.29) is 30.0 Å². The predicted octanol–water partition coefficient (Wildman–Crippen LogP) is 1.70. The van der Waals surface area contributed by atoms with Gasteiger partial charge in [-0.2, -0.15) is 0 Å². The lowest BCUT2D eigenvalue weighted by atomic mass is 9.78. The van der Waals surface area contributed by atoms with Crippen molar-refractivity contribution in [2.75, 3.05) is 26.7 Å². The molecule has 0 radical (unpaired) electrons. The summed E-state index contributed by atoms with van der Waals surface area (Å²) >= 11 is 0. The third kappa shape index (κ3) is 2.38. The van der Waals surface area contributed by atoms with Crippen LogP contribution in [0.15, 0.2) is 24.3 Å². The van der Waals surface area contributed by atoms with Crippen LogP contribution >= 0.6 is 0 Å². The number of halogens is 1. The molecule has 1 spiro atoms. The fraction of sp³-hybridized carbons (Fsp3) is 0.529. The molecule has 2 aliphatic heterocycles. The normalized spacial score (nSPS) is 28.0. The van der Waals surface area contributed by atoms with Gasteiger partial charge in [0.15, 0.2) is 0 Å². The molecule has 1 aromatic carbocycles. The van der Waals surface area contributed by atoms with Gasteiger partial charge in [0, 0.05) is 26.7 Å². The first-order chi connectivity index (χ1) is 10.4. The van der Waals surface area contributed by atoms with Crippen LogP contribution in [0.1, 0.15) is 18.9 Å². The minimum Gasteiger partial charge on any atom is -0.345 e. The monoisotopic (exact) mass is 304 g/mol. The van der Waals surface area contributed by atoms with E-state index in [4.69, 9.17) is 0 Å². The molecule has 0 bridgehead atoms. The van der Waals surface area contributed by atoms with Crippen molar-refractivity contribution >= 4 is 11.8 Å². The maximum absolute atomic E-state index is 13.2. The molecule has 0 N–H and O–H groups in total. The lowest BCUT2D eigenvalue weighted by Crippen LogP contribution is -2.39. The zero-order valence-electron chi connectivity index (χ0n) is 13.0. The van der Waals surface area contributed by atoms with Crippen LogP contribution in [0, 0.1) is 17.2 Å². The molecule has 2 fully saturated rings. The Labute approximate surface area is 129 Å². The van der Waals surface area contributed by atoms with Crippen molar-refractivity contribution in [1.29, 1.82) is 0 Å². The Kier molecular flexibility index (Phi) is 3.67. The second-order valence-corrected chi connectivity index (χ2v) is 6.61. The predicted molar refractivity (Wildman–Crippen MR) is 80.5 cm³/mol. The Morgan fingerprint density at radius 3 is 2.86 bits per heavy atom. The van der Waals surface area contributed by atoms with Crippen LogP contribution < -0.4 is 0 Å². The summed E-state index contributed by atoms with van der Waals surface area (Å²) in [6.07, 6.45) is 0.998.